The van der Waals surface area contributed by atoms with Crippen molar-refractivity contribution in [2.24, 2.45) is 11.3 Å². The van der Waals surface area contributed by atoms with Gasteiger partial charge in [-0.05, 0) is 56.8 Å². The molecule has 0 saturated heterocycles. The second kappa shape index (κ2) is 10.1. The molecule has 0 bridgehead atoms. The fourth-order valence-electron chi connectivity index (χ4n) is 4.15. The molecule has 4 heteroatoms. The molecule has 2 unspecified atom stereocenters. The van der Waals surface area contributed by atoms with Crippen LogP contribution in [0.1, 0.15) is 79.1 Å². The second-order valence-corrected chi connectivity index (χ2v) is 8.86. The number of ketones is 2. The van der Waals surface area contributed by atoms with E-state index in [9.17, 15) is 14.7 Å². The first kappa shape index (κ1) is 23.2. The molecule has 2 atom stereocenters. The first-order chi connectivity index (χ1) is 13.7. The van der Waals surface area contributed by atoms with Crippen LogP contribution in [0.2, 0.25) is 0 Å². The van der Waals surface area contributed by atoms with Gasteiger partial charge in [0.25, 0.3) is 0 Å². The van der Waals surface area contributed by atoms with Crippen LogP contribution in [0.3, 0.4) is 0 Å². The highest BCUT2D eigenvalue weighted by atomic mass is 16.5. The largest absolute Gasteiger partial charge is 0.504 e. The SMILES string of the molecule is C=C1C(C)CCCC1(C)CCC(C)=CCC1=C(O)C(=O)C=C(OCCCC)C1=O. The lowest BCUT2D eigenvalue weighted by molar-refractivity contribution is -0.120. The van der Waals surface area contributed by atoms with Gasteiger partial charge in [-0.3, -0.25) is 9.59 Å². The van der Waals surface area contributed by atoms with E-state index >= 15 is 0 Å². The van der Waals surface area contributed by atoms with Crippen molar-refractivity contribution in [3.05, 3.63) is 47.0 Å². The van der Waals surface area contributed by atoms with E-state index in [2.05, 4.69) is 20.4 Å². The third-order valence-corrected chi connectivity index (χ3v) is 6.50. The number of carbonyl (C=O) groups excluding carboxylic acids is 2. The molecule has 2 aliphatic carbocycles. The molecule has 1 N–H and O–H groups in total. The summed E-state index contributed by atoms with van der Waals surface area (Å²) in [4.78, 5) is 24.7. The van der Waals surface area contributed by atoms with Gasteiger partial charge in [0.15, 0.2) is 11.5 Å². The number of aliphatic hydroxyl groups excluding tert-OH is 1. The Hall–Kier alpha value is -2.10. The minimum Gasteiger partial charge on any atom is -0.504 e. The Kier molecular flexibility index (Phi) is 8.06. The molecule has 4 nitrogen and oxygen atoms in total. The average Bonchev–Trinajstić information content (AvgIpc) is 2.68. The van der Waals surface area contributed by atoms with Crippen LogP contribution in [0, 0.1) is 11.3 Å². The van der Waals surface area contributed by atoms with Gasteiger partial charge in [0.05, 0.1) is 12.2 Å². The number of Topliss-reactive ketones (excluding diaryl/α,β-unsaturated/α-hetero) is 1. The summed E-state index contributed by atoms with van der Waals surface area (Å²) in [6.45, 7) is 13.4. The summed E-state index contributed by atoms with van der Waals surface area (Å²) >= 11 is 0. The van der Waals surface area contributed by atoms with Crippen molar-refractivity contribution < 1.29 is 19.4 Å². The summed E-state index contributed by atoms with van der Waals surface area (Å²) in [5, 5.41) is 10.1. The van der Waals surface area contributed by atoms with Crippen molar-refractivity contribution in [1.29, 1.82) is 0 Å². The number of aliphatic hydroxyl groups is 1. The molecule has 29 heavy (non-hydrogen) atoms. The van der Waals surface area contributed by atoms with E-state index < -0.39 is 11.5 Å². The molecule has 0 aliphatic heterocycles. The van der Waals surface area contributed by atoms with Crippen molar-refractivity contribution >= 4 is 11.6 Å². The Morgan fingerprint density at radius 1 is 1.41 bits per heavy atom. The van der Waals surface area contributed by atoms with Crippen molar-refractivity contribution in [1.82, 2.24) is 0 Å². The van der Waals surface area contributed by atoms with Crippen LogP contribution in [0.25, 0.3) is 0 Å². The molecule has 160 valence electrons. The molecule has 0 aromatic heterocycles. The summed E-state index contributed by atoms with van der Waals surface area (Å²) in [5.74, 6) is -0.782. The second-order valence-electron chi connectivity index (χ2n) is 8.86. The van der Waals surface area contributed by atoms with Crippen molar-refractivity contribution in [3.63, 3.8) is 0 Å². The number of unbranched alkanes of at least 4 members (excludes halogenated alkanes) is 1. The highest BCUT2D eigenvalue weighted by Gasteiger charge is 2.33. The third kappa shape index (κ3) is 5.71. The van der Waals surface area contributed by atoms with E-state index in [0.29, 0.717) is 12.5 Å². The standard InChI is InChI=1S/C25H36O4/c1-6-7-15-29-22-16-21(26)23(27)20(24(22)28)11-10-17(2)12-14-25(5)13-8-9-18(3)19(25)4/h10,16,18,27H,4,6-9,11-15H2,1-3,5H3. The Bertz CT molecular complexity index is 753. The van der Waals surface area contributed by atoms with Crippen LogP contribution in [-0.2, 0) is 14.3 Å². The predicted octanol–water partition coefficient (Wildman–Crippen LogP) is 6.15. The summed E-state index contributed by atoms with van der Waals surface area (Å²) < 4.78 is 5.47. The molecule has 2 aliphatic rings. The number of carbonyl (C=O) groups is 2. The number of rotatable bonds is 9. The van der Waals surface area contributed by atoms with Gasteiger partial charge in [0.1, 0.15) is 0 Å². The number of allylic oxidation sites excluding steroid dienone is 5. The summed E-state index contributed by atoms with van der Waals surface area (Å²) in [5.41, 5.74) is 2.79. The lowest BCUT2D eigenvalue weighted by Gasteiger charge is -2.40. The summed E-state index contributed by atoms with van der Waals surface area (Å²) in [7, 11) is 0. The minimum atomic E-state index is -0.558. The van der Waals surface area contributed by atoms with Crippen LogP contribution in [0.4, 0.5) is 0 Å². The van der Waals surface area contributed by atoms with Gasteiger partial charge in [-0.15, -0.1) is 0 Å². The first-order valence-corrected chi connectivity index (χ1v) is 10.9. The topological polar surface area (TPSA) is 63.6 Å². The van der Waals surface area contributed by atoms with Crippen LogP contribution >= 0.6 is 0 Å². The monoisotopic (exact) mass is 400 g/mol. The summed E-state index contributed by atoms with van der Waals surface area (Å²) in [6.07, 6.45) is 10.6. The van der Waals surface area contributed by atoms with E-state index in [1.807, 2.05) is 19.9 Å². The Labute approximate surface area is 175 Å². The third-order valence-electron chi connectivity index (χ3n) is 6.50. The van der Waals surface area contributed by atoms with Crippen LogP contribution in [0.5, 0.6) is 0 Å². The quantitative estimate of drug-likeness (QED) is 0.286. The molecular formula is C25H36O4. The van der Waals surface area contributed by atoms with Gasteiger partial charge in [0, 0.05) is 6.08 Å². The molecule has 0 amide bonds. The Morgan fingerprint density at radius 2 is 2.14 bits per heavy atom. The number of hydrogen-bond acceptors (Lipinski definition) is 4. The first-order valence-electron chi connectivity index (χ1n) is 10.9. The van der Waals surface area contributed by atoms with E-state index in [4.69, 9.17) is 4.74 Å². The van der Waals surface area contributed by atoms with E-state index in [1.54, 1.807) is 0 Å². The van der Waals surface area contributed by atoms with E-state index in [1.165, 1.54) is 24.8 Å². The molecule has 1 saturated carbocycles. The highest BCUT2D eigenvalue weighted by Crippen LogP contribution is 2.46. The van der Waals surface area contributed by atoms with Gasteiger partial charge in [-0.1, -0.05) is 57.4 Å². The lowest BCUT2D eigenvalue weighted by atomic mass is 9.65. The molecule has 2 rings (SSSR count). The van der Waals surface area contributed by atoms with Gasteiger partial charge < -0.3 is 9.84 Å². The van der Waals surface area contributed by atoms with Crippen molar-refractivity contribution in [2.75, 3.05) is 6.61 Å². The van der Waals surface area contributed by atoms with Gasteiger partial charge >= 0.3 is 0 Å². The predicted molar refractivity (Wildman–Crippen MR) is 116 cm³/mol. The Balaban J connectivity index is 1.99. The number of hydrogen-bond donors (Lipinski definition) is 1. The van der Waals surface area contributed by atoms with Gasteiger partial charge in [0.2, 0.25) is 11.6 Å². The van der Waals surface area contributed by atoms with E-state index in [-0.39, 0.29) is 29.0 Å². The Morgan fingerprint density at radius 3 is 2.83 bits per heavy atom. The molecule has 0 spiro atoms. The molecule has 0 radical (unpaired) electrons. The fraction of sp³-hybridized carbons (Fsp3) is 0.600. The smallest absolute Gasteiger partial charge is 0.227 e. The molecule has 0 aromatic rings. The maximum absolute atomic E-state index is 12.6. The lowest BCUT2D eigenvalue weighted by Crippen LogP contribution is -2.27. The zero-order chi connectivity index (χ0) is 21.6. The maximum Gasteiger partial charge on any atom is 0.227 e. The average molecular weight is 401 g/mol. The molecule has 0 heterocycles. The van der Waals surface area contributed by atoms with Gasteiger partial charge in [-0.25, -0.2) is 0 Å². The van der Waals surface area contributed by atoms with Gasteiger partial charge in [-0.2, -0.15) is 0 Å². The maximum atomic E-state index is 12.6. The minimum absolute atomic E-state index is 0.0438. The molecule has 0 aromatic carbocycles. The highest BCUT2D eigenvalue weighted by molar-refractivity contribution is 6.20. The van der Waals surface area contributed by atoms with Crippen LogP contribution in [-0.4, -0.2) is 23.3 Å². The fourth-order valence-corrected chi connectivity index (χ4v) is 4.15. The summed E-state index contributed by atoms with van der Waals surface area (Å²) in [6, 6.07) is 0. The van der Waals surface area contributed by atoms with Crippen molar-refractivity contribution in [2.45, 2.75) is 79.1 Å². The zero-order valence-corrected chi connectivity index (χ0v) is 18.5. The van der Waals surface area contributed by atoms with E-state index in [0.717, 1.165) is 37.3 Å². The molecule has 1 fully saturated rings. The molecular weight excluding hydrogens is 364 g/mol. The number of ether oxygens (including phenoxy) is 1. The van der Waals surface area contributed by atoms with Crippen LogP contribution < -0.4 is 0 Å². The van der Waals surface area contributed by atoms with Crippen LogP contribution in [0.15, 0.2) is 47.0 Å². The zero-order valence-electron chi connectivity index (χ0n) is 18.5. The normalized spacial score (nSPS) is 26.1. The van der Waals surface area contributed by atoms with Crippen molar-refractivity contribution in [3.8, 4) is 0 Å².